The molecule has 4 aromatic carbocycles. The molecule has 0 heterocycles. The van der Waals surface area contributed by atoms with Gasteiger partial charge in [-0.15, -0.1) is 0 Å². The Morgan fingerprint density at radius 3 is 1.01 bits per heavy atom. The minimum Gasteiger partial charge on any atom is -0.480 e. The van der Waals surface area contributed by atoms with Crippen LogP contribution in [-0.4, -0.2) is 105 Å². The Bertz CT molecular complexity index is 2670. The van der Waals surface area contributed by atoms with Crippen LogP contribution in [0.4, 0.5) is 0 Å². The van der Waals surface area contributed by atoms with Crippen LogP contribution >= 0.6 is 30.1 Å². The van der Waals surface area contributed by atoms with Gasteiger partial charge < -0.3 is 50.8 Å². The quantitative estimate of drug-likeness (QED) is 0.0236. The SMILES string of the molecule is CC(N)C(=O)O.CCC(NP(=O)(O)Cc1ccccc1)C(=O)O.CCCC(NP(=O)(O)Cc1ccccc1)C(=O)O.CCCCC(NP(=O)(O)Cc1ccccc1)C(=O)O.O=C(O)C(NP(=O)(O)Cc1ccccc1)C1CCCCC1. The lowest BCUT2D eigenvalue weighted by molar-refractivity contribution is -0.141. The molecule has 4 aromatic rings. The molecule has 9 atom stereocenters. The molecule has 1 saturated carbocycles. The van der Waals surface area contributed by atoms with Crippen LogP contribution in [0.3, 0.4) is 0 Å². The normalized spacial score (nSPS) is 17.0. The topological polar surface area (TPSA) is 410 Å². The molecule has 1 aliphatic carbocycles. The van der Waals surface area contributed by atoms with E-state index in [1.807, 2.05) is 38.1 Å². The van der Waals surface area contributed by atoms with Gasteiger partial charge in [0.2, 0.25) is 0 Å². The summed E-state index contributed by atoms with van der Waals surface area (Å²) in [7, 11) is -14.8. The summed E-state index contributed by atoms with van der Waals surface area (Å²) in [4.78, 5) is 93.2. The average molecular weight is 1210 g/mol. The fourth-order valence-electron chi connectivity index (χ4n) is 7.79. The summed E-state index contributed by atoms with van der Waals surface area (Å²) in [5.74, 6) is -5.36. The molecule has 0 saturated heterocycles. The van der Waals surface area contributed by atoms with Gasteiger partial charge in [-0.05, 0) is 67.2 Å². The molecule has 15 N–H and O–H groups in total. The van der Waals surface area contributed by atoms with Gasteiger partial charge in [-0.1, -0.05) is 181 Å². The van der Waals surface area contributed by atoms with E-state index in [-0.39, 0.29) is 37.0 Å². The number of unbranched alkanes of at least 4 members (excludes halogenated alkanes) is 1. The van der Waals surface area contributed by atoms with Gasteiger partial charge in [-0.2, -0.15) is 0 Å². The van der Waals surface area contributed by atoms with Crippen molar-refractivity contribution in [3.8, 4) is 0 Å². The fourth-order valence-corrected chi connectivity index (χ4v) is 14.0. The number of nitrogens with one attached hydrogen (secondary N) is 4. The maximum atomic E-state index is 12.3. The highest BCUT2D eigenvalue weighted by atomic mass is 31.2. The largest absolute Gasteiger partial charge is 0.480 e. The molecular weight excluding hydrogens is 1130 g/mol. The van der Waals surface area contributed by atoms with E-state index in [0.717, 1.165) is 44.1 Å². The smallest absolute Gasteiger partial charge is 0.321 e. The summed E-state index contributed by atoms with van der Waals surface area (Å²) in [5, 5.41) is 53.6. The van der Waals surface area contributed by atoms with E-state index in [2.05, 4.69) is 20.3 Å². The minimum absolute atomic E-state index is 0.0513. The summed E-state index contributed by atoms with van der Waals surface area (Å²) < 4.78 is 48.2. The van der Waals surface area contributed by atoms with E-state index in [9.17, 15) is 66.9 Å². The number of benzene rings is 4. The first-order valence-electron chi connectivity index (χ1n) is 26.4. The van der Waals surface area contributed by atoms with Gasteiger partial charge in [0.1, 0.15) is 30.2 Å². The molecule has 452 valence electrons. The fraction of sp³-hybridized carbons (Fsp3) is 0.463. The molecule has 0 bridgehead atoms. The van der Waals surface area contributed by atoms with E-state index >= 15 is 0 Å². The van der Waals surface area contributed by atoms with Crippen molar-refractivity contribution < 1.29 is 87.3 Å². The lowest BCUT2D eigenvalue weighted by atomic mass is 9.84. The Kier molecular flexibility index (Phi) is 35.1. The van der Waals surface area contributed by atoms with Crippen molar-refractivity contribution in [1.82, 2.24) is 20.3 Å². The van der Waals surface area contributed by atoms with Crippen LogP contribution in [0.5, 0.6) is 0 Å². The third-order valence-electron chi connectivity index (χ3n) is 11.9. The Hall–Kier alpha value is -5.21. The second kappa shape index (κ2) is 38.5. The van der Waals surface area contributed by atoms with Crippen LogP contribution in [0.2, 0.25) is 0 Å². The molecule has 81 heavy (non-hydrogen) atoms. The molecule has 0 amide bonds. The van der Waals surface area contributed by atoms with E-state index in [1.165, 1.54) is 6.92 Å². The van der Waals surface area contributed by atoms with Gasteiger partial charge in [0.05, 0.1) is 24.6 Å². The van der Waals surface area contributed by atoms with Gasteiger partial charge in [0, 0.05) is 0 Å². The lowest BCUT2D eigenvalue weighted by Crippen LogP contribution is -2.42. The van der Waals surface area contributed by atoms with Crippen LogP contribution in [0, 0.1) is 5.92 Å². The number of hydrogen-bond donors (Lipinski definition) is 14. The first-order valence-corrected chi connectivity index (χ1v) is 33.8. The summed E-state index contributed by atoms with van der Waals surface area (Å²) in [6.45, 7) is 6.84. The third kappa shape index (κ3) is 34.1. The van der Waals surface area contributed by atoms with Crippen LogP contribution in [0.25, 0.3) is 0 Å². The van der Waals surface area contributed by atoms with E-state index < -0.39 is 90.1 Å². The number of aliphatic carboxylic acids is 5. The molecule has 0 aliphatic heterocycles. The zero-order valence-electron chi connectivity index (χ0n) is 46.2. The first-order chi connectivity index (χ1) is 38.0. The molecule has 1 aliphatic rings. The number of nitrogens with two attached hydrogens (primary N) is 1. The van der Waals surface area contributed by atoms with Crippen molar-refractivity contribution in [2.45, 2.75) is 153 Å². The van der Waals surface area contributed by atoms with Crippen LogP contribution < -0.4 is 26.1 Å². The molecule has 5 rings (SSSR count). The zero-order chi connectivity index (χ0) is 61.2. The van der Waals surface area contributed by atoms with Gasteiger partial charge in [0.15, 0.2) is 0 Å². The Labute approximate surface area is 474 Å². The van der Waals surface area contributed by atoms with E-state index in [0.29, 0.717) is 42.4 Å². The Balaban J connectivity index is 0.000000523. The standard InChI is InChI=1S/C15H22NO4P.C13H20NO4P.C12H18NO4P.C11H16NO4P.C3H7NO2/c17-15(18)14(13-9-5-2-6-10-13)16-21(19,20)11-12-7-3-1-4-8-12;1-2-3-9-12(13(15)16)14-19(17,18)10-11-7-5-4-6-8-11;1-2-6-11(12(14)15)13-18(16,17)9-10-7-4-3-5-8-10;1-2-10(11(13)14)12-17(15,16)8-9-6-4-3-5-7-9;1-2(4)3(5)6/h1,3-4,7-8,13-14H,2,5-6,9-11H2,(H,17,18)(H2,16,19,20);4-8,12H,2-3,9-10H2,1H3,(H,15,16)(H2,14,17,18);3-5,7-8,11H,2,6,9H2,1H3,(H,14,15)(H2,13,16,17);3-7,10H,2,8H2,1H3,(H,13,14)(H2,12,15,16);2H,4H2,1H3,(H,5,6). The number of hydrogen-bond acceptors (Lipinski definition) is 10. The van der Waals surface area contributed by atoms with Gasteiger partial charge in [-0.25, -0.2) is 20.3 Å². The number of carbonyl (C=O) groups is 5. The zero-order valence-corrected chi connectivity index (χ0v) is 49.8. The van der Waals surface area contributed by atoms with Gasteiger partial charge >= 0.3 is 29.8 Å². The summed E-state index contributed by atoms with van der Waals surface area (Å²) in [6, 6.07) is 30.8. The molecule has 0 radical (unpaired) electrons. The van der Waals surface area contributed by atoms with Crippen molar-refractivity contribution in [3.63, 3.8) is 0 Å². The maximum Gasteiger partial charge on any atom is 0.321 e. The average Bonchev–Trinajstić information content (AvgIpc) is 3.40. The second-order valence-corrected chi connectivity index (χ2v) is 27.2. The molecule has 0 aromatic heterocycles. The first kappa shape index (κ1) is 73.8. The van der Waals surface area contributed by atoms with Crippen LogP contribution in [0.1, 0.15) is 121 Å². The molecule has 0 spiro atoms. The lowest BCUT2D eigenvalue weighted by Gasteiger charge is -2.29. The van der Waals surface area contributed by atoms with Crippen LogP contribution in [0.15, 0.2) is 121 Å². The number of carboxylic acid groups (broad SMARTS) is 5. The highest BCUT2D eigenvalue weighted by molar-refractivity contribution is 7.56. The van der Waals surface area contributed by atoms with Crippen LogP contribution in [-0.2, 0) is 66.9 Å². The van der Waals surface area contributed by atoms with E-state index in [4.69, 9.17) is 26.2 Å². The van der Waals surface area contributed by atoms with Gasteiger partial charge in [-0.3, -0.25) is 42.2 Å². The second-order valence-electron chi connectivity index (χ2n) is 19.3. The number of carboxylic acids is 5. The van der Waals surface area contributed by atoms with E-state index in [1.54, 1.807) is 104 Å². The predicted molar refractivity (Wildman–Crippen MR) is 311 cm³/mol. The third-order valence-corrected chi connectivity index (χ3v) is 17.9. The highest BCUT2D eigenvalue weighted by Crippen LogP contribution is 2.44. The minimum atomic E-state index is -3.72. The Morgan fingerprint density at radius 2 is 0.753 bits per heavy atom. The maximum absolute atomic E-state index is 12.3. The summed E-state index contributed by atoms with van der Waals surface area (Å²) in [6.07, 6.45) is 7.56. The summed E-state index contributed by atoms with van der Waals surface area (Å²) in [5.41, 5.74) is 7.68. The molecule has 27 heteroatoms. The molecule has 1 fully saturated rings. The van der Waals surface area contributed by atoms with Crippen molar-refractivity contribution in [2.24, 2.45) is 11.7 Å². The van der Waals surface area contributed by atoms with Crippen molar-refractivity contribution >= 4 is 59.9 Å². The van der Waals surface area contributed by atoms with Crippen molar-refractivity contribution in [2.75, 3.05) is 0 Å². The Morgan fingerprint density at radius 1 is 0.457 bits per heavy atom. The number of rotatable bonds is 28. The summed E-state index contributed by atoms with van der Waals surface area (Å²) >= 11 is 0. The van der Waals surface area contributed by atoms with Crippen molar-refractivity contribution in [1.29, 1.82) is 0 Å². The highest BCUT2D eigenvalue weighted by Gasteiger charge is 2.35. The molecule has 9 unspecified atom stereocenters. The van der Waals surface area contributed by atoms with Gasteiger partial charge in [0.25, 0.3) is 30.1 Å². The monoisotopic (exact) mass is 1210 g/mol. The molecule has 23 nitrogen and oxygen atoms in total. The predicted octanol–water partition coefficient (Wildman–Crippen LogP) is 9.06. The molecular formula is C54H83N5O18P4. The van der Waals surface area contributed by atoms with Crippen molar-refractivity contribution in [3.05, 3.63) is 144 Å².